The van der Waals surface area contributed by atoms with Crippen LogP contribution < -0.4 is 16.3 Å². The number of nitrogens with one attached hydrogen (secondary N) is 3. The van der Waals surface area contributed by atoms with Crippen LogP contribution in [0.2, 0.25) is 0 Å². The summed E-state index contributed by atoms with van der Waals surface area (Å²) in [5.74, 6) is -1.19. The van der Waals surface area contributed by atoms with E-state index in [9.17, 15) is 14.4 Å². The predicted octanol–water partition coefficient (Wildman–Crippen LogP) is 2.00. The van der Waals surface area contributed by atoms with Crippen LogP contribution in [0.15, 0.2) is 71.7 Å². The van der Waals surface area contributed by atoms with E-state index < -0.39 is 17.2 Å². The second kappa shape index (κ2) is 7.27. The van der Waals surface area contributed by atoms with E-state index in [4.69, 9.17) is 0 Å². The number of benzene rings is 2. The molecule has 0 aliphatic heterocycles. The van der Waals surface area contributed by atoms with Crippen LogP contribution in [0, 0.1) is 0 Å². The highest BCUT2D eigenvalue weighted by Gasteiger charge is 2.12. The van der Waals surface area contributed by atoms with Crippen LogP contribution in [0.3, 0.4) is 0 Å². The van der Waals surface area contributed by atoms with Gasteiger partial charge >= 0.3 is 0 Å². The van der Waals surface area contributed by atoms with Gasteiger partial charge in [-0.3, -0.25) is 25.2 Å². The number of fused-ring (bicyclic) bond motifs is 1. The number of hydrogen-bond acceptors (Lipinski definition) is 3. The topological polar surface area (TPSA) is 91.1 Å². The van der Waals surface area contributed by atoms with Gasteiger partial charge in [-0.2, -0.15) is 0 Å². The maximum Gasteiger partial charge on any atom is 0.275 e. The molecular formula is C19H15N3O3. The first-order chi connectivity index (χ1) is 12.1. The van der Waals surface area contributed by atoms with Crippen molar-refractivity contribution in [3.05, 3.63) is 88.2 Å². The Morgan fingerprint density at radius 2 is 1.64 bits per heavy atom. The fourth-order valence-corrected chi connectivity index (χ4v) is 2.30. The zero-order valence-corrected chi connectivity index (χ0v) is 13.2. The van der Waals surface area contributed by atoms with Gasteiger partial charge in [0, 0.05) is 23.2 Å². The molecule has 1 aromatic heterocycles. The van der Waals surface area contributed by atoms with Crippen LogP contribution in [0.4, 0.5) is 0 Å². The Balaban J connectivity index is 1.67. The highest BCUT2D eigenvalue weighted by molar-refractivity contribution is 5.99. The number of carbonyl (C=O) groups excluding carboxylic acids is 2. The highest BCUT2D eigenvalue weighted by Crippen LogP contribution is 2.06. The van der Waals surface area contributed by atoms with E-state index in [-0.39, 0.29) is 5.56 Å². The number of amides is 2. The van der Waals surface area contributed by atoms with Crippen LogP contribution in [-0.4, -0.2) is 16.8 Å². The van der Waals surface area contributed by atoms with Crippen LogP contribution in [-0.2, 0) is 4.79 Å². The molecular weight excluding hydrogens is 318 g/mol. The first kappa shape index (κ1) is 16.2. The Morgan fingerprint density at radius 1 is 0.920 bits per heavy atom. The molecule has 3 N–H and O–H groups in total. The Labute approximate surface area is 143 Å². The Morgan fingerprint density at radius 3 is 2.44 bits per heavy atom. The third kappa shape index (κ3) is 3.81. The molecule has 0 aliphatic carbocycles. The summed E-state index contributed by atoms with van der Waals surface area (Å²) in [4.78, 5) is 39.1. The number of hydrazine groups is 1. The average Bonchev–Trinajstić information content (AvgIpc) is 2.66. The second-order valence-corrected chi connectivity index (χ2v) is 5.26. The number of aromatic amines is 1. The van der Waals surface area contributed by atoms with Crippen molar-refractivity contribution < 1.29 is 9.59 Å². The van der Waals surface area contributed by atoms with Crippen molar-refractivity contribution >= 4 is 28.8 Å². The predicted molar refractivity (Wildman–Crippen MR) is 95.7 cm³/mol. The number of H-pyrrole nitrogens is 1. The van der Waals surface area contributed by atoms with Crippen LogP contribution in [0.1, 0.15) is 15.9 Å². The summed E-state index contributed by atoms with van der Waals surface area (Å²) in [5.41, 5.74) is 5.49. The minimum atomic E-state index is -0.687. The molecule has 0 atom stereocenters. The van der Waals surface area contributed by atoms with E-state index in [2.05, 4.69) is 15.8 Å². The van der Waals surface area contributed by atoms with Crippen LogP contribution in [0.5, 0.6) is 0 Å². The van der Waals surface area contributed by atoms with Crippen molar-refractivity contribution in [3.8, 4) is 0 Å². The summed E-state index contributed by atoms with van der Waals surface area (Å²) >= 11 is 0. The molecule has 2 amide bonds. The van der Waals surface area contributed by atoms with Gasteiger partial charge in [0.1, 0.15) is 5.56 Å². The first-order valence-corrected chi connectivity index (χ1v) is 7.59. The van der Waals surface area contributed by atoms with E-state index in [1.54, 1.807) is 30.3 Å². The van der Waals surface area contributed by atoms with Gasteiger partial charge in [0.15, 0.2) is 0 Å². The Kier molecular flexibility index (Phi) is 4.71. The quantitative estimate of drug-likeness (QED) is 0.506. The lowest BCUT2D eigenvalue weighted by Gasteiger charge is -2.06. The van der Waals surface area contributed by atoms with Gasteiger partial charge in [0.25, 0.3) is 11.8 Å². The van der Waals surface area contributed by atoms with Gasteiger partial charge in [0.2, 0.25) is 5.43 Å². The van der Waals surface area contributed by atoms with Gasteiger partial charge in [-0.15, -0.1) is 0 Å². The Hall–Kier alpha value is -3.67. The molecule has 6 nitrogen and oxygen atoms in total. The maximum atomic E-state index is 12.3. The van der Waals surface area contributed by atoms with Gasteiger partial charge in [-0.25, -0.2) is 0 Å². The fourth-order valence-electron chi connectivity index (χ4n) is 2.30. The van der Waals surface area contributed by atoms with E-state index in [1.165, 1.54) is 12.3 Å². The molecule has 0 fully saturated rings. The number of para-hydroxylation sites is 1. The number of carbonyl (C=O) groups is 2. The molecule has 25 heavy (non-hydrogen) atoms. The number of hydrogen-bond donors (Lipinski definition) is 3. The fraction of sp³-hybridized carbons (Fsp3) is 0. The molecule has 0 saturated carbocycles. The van der Waals surface area contributed by atoms with Gasteiger partial charge in [-0.1, -0.05) is 42.5 Å². The summed E-state index contributed by atoms with van der Waals surface area (Å²) in [6, 6.07) is 16.1. The van der Waals surface area contributed by atoms with E-state index >= 15 is 0 Å². The summed E-state index contributed by atoms with van der Waals surface area (Å²) in [7, 11) is 0. The van der Waals surface area contributed by atoms with E-state index in [0.717, 1.165) is 5.56 Å². The van der Waals surface area contributed by atoms with Gasteiger partial charge < -0.3 is 4.98 Å². The lowest BCUT2D eigenvalue weighted by molar-refractivity contribution is -0.117. The molecule has 3 rings (SSSR count). The van der Waals surface area contributed by atoms with Crippen molar-refractivity contribution in [3.63, 3.8) is 0 Å². The van der Waals surface area contributed by atoms with Crippen LogP contribution in [0.25, 0.3) is 17.0 Å². The van der Waals surface area contributed by atoms with Crippen molar-refractivity contribution in [2.24, 2.45) is 0 Å². The summed E-state index contributed by atoms with van der Waals surface area (Å²) in [6.45, 7) is 0. The SMILES string of the molecule is O=C(/C=C/c1ccccc1)NNC(=O)c1c[nH]c2ccccc2c1=O. The third-order valence-corrected chi connectivity index (χ3v) is 3.56. The number of aromatic nitrogens is 1. The molecule has 0 bridgehead atoms. The van der Waals surface area contributed by atoms with Crippen LogP contribution >= 0.6 is 0 Å². The maximum absolute atomic E-state index is 12.3. The van der Waals surface area contributed by atoms with Crippen molar-refractivity contribution in [1.29, 1.82) is 0 Å². The molecule has 0 unspecified atom stereocenters. The number of rotatable bonds is 3. The zero-order valence-electron chi connectivity index (χ0n) is 13.2. The minimum absolute atomic E-state index is 0.0777. The first-order valence-electron chi connectivity index (χ1n) is 7.59. The standard InChI is InChI=1S/C19H15N3O3/c23-17(11-10-13-6-2-1-3-7-13)21-22-19(25)15-12-20-16-9-5-4-8-14(16)18(15)24/h1-12H,(H,20,24)(H,21,23)(H,22,25)/b11-10+. The molecule has 0 saturated heterocycles. The van der Waals surface area contributed by atoms with Gasteiger partial charge in [0.05, 0.1) is 0 Å². The van der Waals surface area contributed by atoms with Gasteiger partial charge in [-0.05, 0) is 23.8 Å². The zero-order chi connectivity index (χ0) is 17.6. The van der Waals surface area contributed by atoms with E-state index in [0.29, 0.717) is 10.9 Å². The smallest absolute Gasteiger partial charge is 0.275 e. The molecule has 2 aromatic carbocycles. The molecule has 0 spiro atoms. The van der Waals surface area contributed by atoms with Crippen molar-refractivity contribution in [1.82, 2.24) is 15.8 Å². The molecule has 1 heterocycles. The molecule has 3 aromatic rings. The lowest BCUT2D eigenvalue weighted by atomic mass is 10.1. The summed E-state index contributed by atoms with van der Waals surface area (Å²) in [6.07, 6.45) is 4.23. The van der Waals surface area contributed by atoms with Crippen molar-refractivity contribution in [2.75, 3.05) is 0 Å². The minimum Gasteiger partial charge on any atom is -0.360 e. The average molecular weight is 333 g/mol. The Bertz CT molecular complexity index is 1010. The summed E-state index contributed by atoms with van der Waals surface area (Å²) in [5, 5.41) is 0.408. The highest BCUT2D eigenvalue weighted by atomic mass is 16.2. The number of pyridine rings is 1. The lowest BCUT2D eigenvalue weighted by Crippen LogP contribution is -2.42. The summed E-state index contributed by atoms with van der Waals surface area (Å²) < 4.78 is 0. The van der Waals surface area contributed by atoms with Crippen molar-refractivity contribution in [2.45, 2.75) is 0 Å². The third-order valence-electron chi connectivity index (χ3n) is 3.56. The second-order valence-electron chi connectivity index (χ2n) is 5.26. The molecule has 124 valence electrons. The largest absolute Gasteiger partial charge is 0.360 e. The molecule has 6 heteroatoms. The molecule has 0 aliphatic rings. The van der Waals surface area contributed by atoms with E-state index in [1.807, 2.05) is 30.3 Å². The molecule has 0 radical (unpaired) electrons. The monoisotopic (exact) mass is 333 g/mol. The normalized spacial score (nSPS) is 10.7.